The molecule has 2 rings (SSSR count). The minimum atomic E-state index is -1.05. The third-order valence-electron chi connectivity index (χ3n) is 2.96. The molecule has 6 nitrogen and oxygen atoms in total. The van der Waals surface area contributed by atoms with Crippen molar-refractivity contribution in [3.05, 3.63) is 41.7 Å². The quantitative estimate of drug-likeness (QED) is 0.522. The number of carbonyl (C=O) groups is 3. The SMILES string of the molecule is CC1=CC(=O)C(C(C)=Nc2ccc(C(=O)O)cc2)C(=O)O1. The van der Waals surface area contributed by atoms with Crippen molar-refractivity contribution >= 4 is 29.1 Å². The summed E-state index contributed by atoms with van der Waals surface area (Å²) >= 11 is 0. The first-order valence-corrected chi connectivity index (χ1v) is 6.21. The first-order valence-electron chi connectivity index (χ1n) is 6.21. The first-order chi connectivity index (χ1) is 9.88. The van der Waals surface area contributed by atoms with Gasteiger partial charge in [0.15, 0.2) is 11.7 Å². The average molecular weight is 287 g/mol. The van der Waals surface area contributed by atoms with Gasteiger partial charge in [-0.1, -0.05) is 0 Å². The monoisotopic (exact) mass is 287 g/mol. The number of cyclic esters (lactones) is 1. The molecule has 0 bridgehead atoms. The van der Waals surface area contributed by atoms with Gasteiger partial charge in [-0.25, -0.2) is 4.79 Å². The molecule has 0 aliphatic carbocycles. The zero-order valence-corrected chi connectivity index (χ0v) is 11.5. The zero-order chi connectivity index (χ0) is 15.6. The molecule has 0 saturated carbocycles. The van der Waals surface area contributed by atoms with Crippen LogP contribution in [0.2, 0.25) is 0 Å². The lowest BCUT2D eigenvalue weighted by molar-refractivity contribution is -0.146. The summed E-state index contributed by atoms with van der Waals surface area (Å²) in [4.78, 5) is 38.5. The highest BCUT2D eigenvalue weighted by molar-refractivity contribution is 6.23. The van der Waals surface area contributed by atoms with Crippen molar-refractivity contribution in [1.29, 1.82) is 0 Å². The van der Waals surface area contributed by atoms with Gasteiger partial charge in [0.05, 0.1) is 11.3 Å². The van der Waals surface area contributed by atoms with Crippen molar-refractivity contribution in [1.82, 2.24) is 0 Å². The van der Waals surface area contributed by atoms with Crippen LogP contribution in [0.4, 0.5) is 5.69 Å². The van der Waals surface area contributed by atoms with Gasteiger partial charge in [-0.2, -0.15) is 0 Å². The molecule has 21 heavy (non-hydrogen) atoms. The number of benzene rings is 1. The number of carbonyl (C=O) groups excluding carboxylic acids is 2. The molecule has 1 atom stereocenters. The van der Waals surface area contributed by atoms with Gasteiger partial charge in [-0.05, 0) is 38.1 Å². The van der Waals surface area contributed by atoms with Crippen LogP contribution < -0.4 is 0 Å². The number of hydrogen-bond donors (Lipinski definition) is 1. The lowest BCUT2D eigenvalue weighted by Gasteiger charge is -2.18. The van der Waals surface area contributed by atoms with Gasteiger partial charge >= 0.3 is 11.9 Å². The second-order valence-electron chi connectivity index (χ2n) is 4.62. The smallest absolute Gasteiger partial charge is 0.335 e. The van der Waals surface area contributed by atoms with E-state index in [-0.39, 0.29) is 17.1 Å². The highest BCUT2D eigenvalue weighted by Crippen LogP contribution is 2.20. The molecule has 0 aromatic heterocycles. The van der Waals surface area contributed by atoms with Crippen LogP contribution in [0.15, 0.2) is 41.1 Å². The van der Waals surface area contributed by atoms with Crippen LogP contribution in [0.1, 0.15) is 24.2 Å². The fourth-order valence-corrected chi connectivity index (χ4v) is 1.97. The summed E-state index contributed by atoms with van der Waals surface area (Å²) < 4.78 is 4.92. The van der Waals surface area contributed by atoms with E-state index in [1.54, 1.807) is 6.92 Å². The predicted octanol–water partition coefficient (Wildman–Crippen LogP) is 2.12. The third-order valence-corrected chi connectivity index (χ3v) is 2.96. The van der Waals surface area contributed by atoms with Crippen molar-refractivity contribution in [2.75, 3.05) is 0 Å². The normalized spacial score (nSPS) is 19.0. The maximum absolute atomic E-state index is 11.9. The van der Waals surface area contributed by atoms with Crippen LogP contribution in [0.5, 0.6) is 0 Å². The van der Waals surface area contributed by atoms with Crippen LogP contribution in [-0.2, 0) is 14.3 Å². The van der Waals surface area contributed by atoms with Crippen molar-refractivity contribution in [3.63, 3.8) is 0 Å². The van der Waals surface area contributed by atoms with Gasteiger partial charge < -0.3 is 9.84 Å². The molecule has 6 heteroatoms. The van der Waals surface area contributed by atoms with Crippen molar-refractivity contribution in [2.45, 2.75) is 13.8 Å². The van der Waals surface area contributed by atoms with Gasteiger partial charge in [0.2, 0.25) is 0 Å². The Bertz CT molecular complexity index is 670. The molecule has 1 unspecified atom stereocenters. The van der Waals surface area contributed by atoms with Crippen molar-refractivity contribution in [2.24, 2.45) is 10.9 Å². The average Bonchev–Trinajstić information content (AvgIpc) is 2.37. The van der Waals surface area contributed by atoms with Crippen LogP contribution in [0.3, 0.4) is 0 Å². The molecule has 1 aromatic rings. The fourth-order valence-electron chi connectivity index (χ4n) is 1.97. The molecule has 108 valence electrons. The molecule has 0 saturated heterocycles. The molecule has 1 aliphatic rings. The minimum absolute atomic E-state index is 0.137. The number of ketones is 1. The summed E-state index contributed by atoms with van der Waals surface area (Å²) in [6.45, 7) is 3.09. The molecule has 0 fully saturated rings. The Morgan fingerprint density at radius 3 is 2.38 bits per heavy atom. The molecule has 1 aliphatic heterocycles. The predicted molar refractivity (Wildman–Crippen MR) is 74.5 cm³/mol. The highest BCUT2D eigenvalue weighted by Gasteiger charge is 2.33. The number of allylic oxidation sites excluding steroid dienone is 2. The number of carboxylic acids is 1. The number of carboxylic acid groups (broad SMARTS) is 1. The summed E-state index contributed by atoms with van der Waals surface area (Å²) in [6, 6.07) is 5.82. The van der Waals surface area contributed by atoms with E-state index in [2.05, 4.69) is 4.99 Å². The second kappa shape index (κ2) is 5.70. The van der Waals surface area contributed by atoms with Crippen LogP contribution >= 0.6 is 0 Å². The third kappa shape index (κ3) is 3.22. The summed E-state index contributed by atoms with van der Waals surface area (Å²) in [5.41, 5.74) is 0.902. The van der Waals surface area contributed by atoms with Gasteiger partial charge in [-0.15, -0.1) is 0 Å². The Morgan fingerprint density at radius 1 is 1.24 bits per heavy atom. The van der Waals surface area contributed by atoms with Crippen LogP contribution in [-0.4, -0.2) is 28.5 Å². The largest absolute Gasteiger partial charge is 0.478 e. The number of esters is 1. The van der Waals surface area contributed by atoms with E-state index in [1.807, 2.05) is 0 Å². The summed E-state index contributed by atoms with van der Waals surface area (Å²) in [5, 5.41) is 8.81. The Labute approximate surface area is 120 Å². The Hall–Kier alpha value is -2.76. The van der Waals surface area contributed by atoms with E-state index in [9.17, 15) is 14.4 Å². The van der Waals surface area contributed by atoms with E-state index in [0.717, 1.165) is 0 Å². The lowest BCUT2D eigenvalue weighted by Crippen LogP contribution is -2.34. The Balaban J connectivity index is 2.26. The Kier molecular flexibility index (Phi) is 3.98. The maximum Gasteiger partial charge on any atom is 0.335 e. The molecule has 1 aromatic carbocycles. The van der Waals surface area contributed by atoms with Gasteiger partial charge in [0.1, 0.15) is 5.76 Å². The summed E-state index contributed by atoms with van der Waals surface area (Å²) in [7, 11) is 0. The molecule has 0 amide bonds. The fraction of sp³-hybridized carbons (Fsp3) is 0.200. The number of rotatable bonds is 3. The zero-order valence-electron chi connectivity index (χ0n) is 11.5. The van der Waals surface area contributed by atoms with E-state index >= 15 is 0 Å². The first kappa shape index (κ1) is 14.6. The number of aromatic carboxylic acids is 1. The molecule has 1 N–H and O–H groups in total. The van der Waals surface area contributed by atoms with E-state index in [4.69, 9.17) is 9.84 Å². The summed E-state index contributed by atoms with van der Waals surface area (Å²) in [5.74, 6) is -2.84. The van der Waals surface area contributed by atoms with Gasteiger partial charge in [0.25, 0.3) is 0 Å². The van der Waals surface area contributed by atoms with Gasteiger partial charge in [0, 0.05) is 11.8 Å². The second-order valence-corrected chi connectivity index (χ2v) is 4.62. The number of nitrogens with zero attached hydrogens (tertiary/aromatic N) is 1. The molecule has 0 radical (unpaired) electrons. The number of ether oxygens (including phenoxy) is 1. The lowest BCUT2D eigenvalue weighted by atomic mass is 9.96. The molecular weight excluding hydrogens is 274 g/mol. The van der Waals surface area contributed by atoms with Crippen molar-refractivity contribution < 1.29 is 24.2 Å². The van der Waals surface area contributed by atoms with Gasteiger partial charge in [-0.3, -0.25) is 14.6 Å². The van der Waals surface area contributed by atoms with E-state index in [1.165, 1.54) is 37.3 Å². The molecular formula is C15H13NO5. The highest BCUT2D eigenvalue weighted by atomic mass is 16.5. The van der Waals surface area contributed by atoms with Crippen LogP contribution in [0.25, 0.3) is 0 Å². The van der Waals surface area contributed by atoms with E-state index in [0.29, 0.717) is 11.4 Å². The number of hydrogen-bond acceptors (Lipinski definition) is 5. The summed E-state index contributed by atoms with van der Waals surface area (Å²) in [6.07, 6.45) is 1.26. The topological polar surface area (TPSA) is 93.0 Å². The number of aliphatic imine (C=N–C) groups is 1. The van der Waals surface area contributed by atoms with Crippen molar-refractivity contribution in [3.8, 4) is 0 Å². The van der Waals surface area contributed by atoms with E-state index < -0.39 is 17.9 Å². The molecule has 0 spiro atoms. The minimum Gasteiger partial charge on any atom is -0.478 e. The maximum atomic E-state index is 11.9. The molecule has 1 heterocycles. The van der Waals surface area contributed by atoms with Crippen LogP contribution in [0, 0.1) is 5.92 Å². The Morgan fingerprint density at radius 2 is 1.86 bits per heavy atom. The standard InChI is InChI=1S/C15H13NO5/c1-8-7-12(17)13(15(20)21-8)9(2)16-11-5-3-10(4-6-11)14(18)19/h3-7,13H,1-2H3,(H,18,19).